The Bertz CT molecular complexity index is 1560. The summed E-state index contributed by atoms with van der Waals surface area (Å²) in [5.41, 5.74) is 6.35. The number of sulfonamides is 1. The summed E-state index contributed by atoms with van der Waals surface area (Å²) in [7, 11) is -3.86. The van der Waals surface area contributed by atoms with Crippen molar-refractivity contribution in [1.29, 1.82) is 5.41 Å². The lowest BCUT2D eigenvalue weighted by Gasteiger charge is -2.17. The summed E-state index contributed by atoms with van der Waals surface area (Å²) in [4.78, 5) is 11.1. The summed E-state index contributed by atoms with van der Waals surface area (Å²) < 4.78 is 56.4. The number of halogens is 2. The number of hydrogen-bond acceptors (Lipinski definition) is 8. The molecule has 0 aliphatic heterocycles. The standard InChI is InChI=1S/C23H23F2N7O3S/c1-2-7-36(34,35)32-17-6-4-15(24)19(20(17)25)21(33)14-10-28-22-18(14)23(30-11-29-22)31-13-3-5-16(27)12(8-13)9-26/h3-6,8-11,21,26,32-33H,2,7,27H2,1H3,(H2,28,29,30,31). The smallest absolute Gasteiger partial charge is 0.232 e. The minimum absolute atomic E-state index is 0.0576. The van der Waals surface area contributed by atoms with Crippen LogP contribution in [0.5, 0.6) is 0 Å². The molecule has 4 rings (SSSR count). The summed E-state index contributed by atoms with van der Waals surface area (Å²) in [5, 5.41) is 21.9. The molecule has 0 bridgehead atoms. The Labute approximate surface area is 205 Å². The third kappa shape index (κ3) is 4.83. The average Bonchev–Trinajstić information content (AvgIpc) is 3.27. The van der Waals surface area contributed by atoms with Gasteiger partial charge in [-0.1, -0.05) is 6.92 Å². The molecule has 0 amide bonds. The van der Waals surface area contributed by atoms with Crippen LogP contribution in [0, 0.1) is 17.0 Å². The van der Waals surface area contributed by atoms with Gasteiger partial charge in [0.05, 0.1) is 22.4 Å². The number of aliphatic hydroxyl groups is 1. The maximum Gasteiger partial charge on any atom is 0.232 e. The molecule has 2 aromatic heterocycles. The quantitative estimate of drug-likeness (QED) is 0.145. The van der Waals surface area contributed by atoms with E-state index >= 15 is 4.39 Å². The third-order valence-corrected chi connectivity index (χ3v) is 6.91. The molecule has 36 heavy (non-hydrogen) atoms. The Morgan fingerprint density at radius 2 is 2.03 bits per heavy atom. The molecule has 2 aromatic carbocycles. The number of aromatic amines is 1. The first kappa shape index (κ1) is 25.0. The number of rotatable bonds is 9. The second-order valence-electron chi connectivity index (χ2n) is 7.95. The van der Waals surface area contributed by atoms with E-state index in [1.807, 2.05) is 0 Å². The molecule has 10 nitrogen and oxygen atoms in total. The Balaban J connectivity index is 1.78. The third-order valence-electron chi connectivity index (χ3n) is 5.44. The maximum atomic E-state index is 15.3. The molecule has 2 heterocycles. The Kier molecular flexibility index (Phi) is 6.86. The number of hydrogen-bond donors (Lipinski definition) is 6. The van der Waals surface area contributed by atoms with Crippen LogP contribution in [0.15, 0.2) is 42.9 Å². The lowest BCUT2D eigenvalue weighted by atomic mass is 10.00. The first-order valence-electron chi connectivity index (χ1n) is 10.8. The highest BCUT2D eigenvalue weighted by atomic mass is 32.2. The molecule has 0 saturated heterocycles. The van der Waals surface area contributed by atoms with E-state index in [-0.39, 0.29) is 28.2 Å². The molecule has 0 saturated carbocycles. The summed E-state index contributed by atoms with van der Waals surface area (Å²) >= 11 is 0. The van der Waals surface area contributed by atoms with Gasteiger partial charge in [0.25, 0.3) is 0 Å². The van der Waals surface area contributed by atoms with Crippen molar-refractivity contribution in [2.24, 2.45) is 0 Å². The highest BCUT2D eigenvalue weighted by molar-refractivity contribution is 7.92. The molecule has 1 atom stereocenters. The van der Waals surface area contributed by atoms with E-state index in [9.17, 15) is 17.9 Å². The highest BCUT2D eigenvalue weighted by Gasteiger charge is 2.27. The van der Waals surface area contributed by atoms with Crippen LogP contribution in [-0.4, -0.2) is 40.4 Å². The van der Waals surface area contributed by atoms with Crippen molar-refractivity contribution >= 4 is 50.2 Å². The predicted molar refractivity (Wildman–Crippen MR) is 134 cm³/mol. The van der Waals surface area contributed by atoms with Crippen molar-refractivity contribution in [2.45, 2.75) is 19.4 Å². The highest BCUT2D eigenvalue weighted by Crippen LogP contribution is 2.37. The van der Waals surface area contributed by atoms with Crippen LogP contribution in [0.3, 0.4) is 0 Å². The van der Waals surface area contributed by atoms with E-state index in [1.165, 1.54) is 12.5 Å². The normalized spacial score (nSPS) is 12.4. The van der Waals surface area contributed by atoms with E-state index in [0.717, 1.165) is 18.3 Å². The Morgan fingerprint density at radius 3 is 2.75 bits per heavy atom. The molecule has 0 aliphatic rings. The first-order chi connectivity index (χ1) is 17.1. The van der Waals surface area contributed by atoms with E-state index in [0.29, 0.717) is 23.4 Å². The van der Waals surface area contributed by atoms with Crippen LogP contribution >= 0.6 is 0 Å². The predicted octanol–water partition coefficient (Wildman–Crippen LogP) is 3.79. The number of H-pyrrole nitrogens is 1. The minimum Gasteiger partial charge on any atom is -0.398 e. The Hall–Kier alpha value is -4.10. The number of fused-ring (bicyclic) bond motifs is 1. The van der Waals surface area contributed by atoms with Crippen molar-refractivity contribution in [3.8, 4) is 0 Å². The molecular weight excluding hydrogens is 492 g/mol. The van der Waals surface area contributed by atoms with Gasteiger partial charge >= 0.3 is 0 Å². The van der Waals surface area contributed by atoms with Gasteiger partial charge in [-0.25, -0.2) is 27.2 Å². The molecule has 13 heteroatoms. The summed E-state index contributed by atoms with van der Waals surface area (Å²) in [5.74, 6) is -2.33. The largest absolute Gasteiger partial charge is 0.398 e. The summed E-state index contributed by atoms with van der Waals surface area (Å²) in [6.45, 7) is 1.65. The van der Waals surface area contributed by atoms with Gasteiger partial charge in [-0.05, 0) is 36.8 Å². The van der Waals surface area contributed by atoms with E-state index in [1.54, 1.807) is 25.1 Å². The van der Waals surface area contributed by atoms with Crippen LogP contribution in [-0.2, 0) is 10.0 Å². The van der Waals surface area contributed by atoms with E-state index < -0.39 is 39.0 Å². The molecule has 1 unspecified atom stereocenters. The number of nitrogens with two attached hydrogens (primary N) is 1. The first-order valence-corrected chi connectivity index (χ1v) is 12.5. The fraction of sp³-hybridized carbons (Fsp3) is 0.174. The maximum absolute atomic E-state index is 15.3. The van der Waals surface area contributed by atoms with E-state index in [4.69, 9.17) is 11.1 Å². The van der Waals surface area contributed by atoms with Gasteiger partial charge in [-0.3, -0.25) is 4.72 Å². The molecule has 0 spiro atoms. The minimum atomic E-state index is -3.86. The van der Waals surface area contributed by atoms with Crippen molar-refractivity contribution in [1.82, 2.24) is 15.0 Å². The van der Waals surface area contributed by atoms with Gasteiger partial charge in [0.15, 0.2) is 5.82 Å². The van der Waals surface area contributed by atoms with Gasteiger partial charge in [0.2, 0.25) is 10.0 Å². The fourth-order valence-electron chi connectivity index (χ4n) is 3.75. The van der Waals surface area contributed by atoms with Gasteiger partial charge < -0.3 is 26.6 Å². The van der Waals surface area contributed by atoms with Crippen LogP contribution < -0.4 is 15.8 Å². The second kappa shape index (κ2) is 9.87. The van der Waals surface area contributed by atoms with Gasteiger partial charge in [0.1, 0.15) is 29.7 Å². The van der Waals surface area contributed by atoms with Crippen molar-refractivity contribution < 1.29 is 22.3 Å². The molecule has 188 valence electrons. The van der Waals surface area contributed by atoms with Crippen molar-refractivity contribution in [3.63, 3.8) is 0 Å². The molecular formula is C23H23F2N7O3S. The SMILES string of the molecule is CCCS(=O)(=O)Nc1ccc(F)c(C(O)c2c[nH]c3ncnc(Nc4ccc(N)c(C=N)c4)c23)c1F. The zero-order chi connectivity index (χ0) is 26.0. The zero-order valence-corrected chi connectivity index (χ0v) is 19.8. The number of benzene rings is 2. The second-order valence-corrected chi connectivity index (χ2v) is 9.79. The molecule has 0 fully saturated rings. The average molecular weight is 516 g/mol. The van der Waals surface area contributed by atoms with Gasteiger partial charge in [-0.15, -0.1) is 0 Å². The fourth-order valence-corrected chi connectivity index (χ4v) is 4.89. The topological polar surface area (TPSA) is 170 Å². The van der Waals surface area contributed by atoms with Crippen molar-refractivity contribution in [3.05, 3.63) is 71.2 Å². The lowest BCUT2D eigenvalue weighted by Crippen LogP contribution is -2.18. The molecule has 0 aliphatic carbocycles. The zero-order valence-electron chi connectivity index (χ0n) is 19.0. The van der Waals surface area contributed by atoms with E-state index in [2.05, 4.69) is 25.0 Å². The monoisotopic (exact) mass is 515 g/mol. The van der Waals surface area contributed by atoms with Crippen molar-refractivity contribution in [2.75, 3.05) is 21.5 Å². The number of anilines is 4. The lowest BCUT2D eigenvalue weighted by molar-refractivity contribution is 0.211. The summed E-state index contributed by atoms with van der Waals surface area (Å²) in [6.07, 6.45) is 2.16. The Morgan fingerprint density at radius 1 is 1.25 bits per heavy atom. The van der Waals surface area contributed by atoms with Gasteiger partial charge in [0, 0.05) is 34.9 Å². The van der Waals surface area contributed by atoms with Gasteiger partial charge in [-0.2, -0.15) is 0 Å². The number of nitrogens with zero attached hydrogens (tertiary/aromatic N) is 2. The molecule has 4 aromatic rings. The van der Waals surface area contributed by atoms with Crippen LogP contribution in [0.1, 0.15) is 36.1 Å². The molecule has 7 N–H and O–H groups in total. The van der Waals surface area contributed by atoms with Crippen LogP contribution in [0.4, 0.5) is 31.7 Å². The van der Waals surface area contributed by atoms with Crippen LogP contribution in [0.2, 0.25) is 0 Å². The number of nitrogen functional groups attached to an aromatic ring is 1. The number of aliphatic hydroxyl groups excluding tert-OH is 1. The number of aromatic nitrogens is 3. The van der Waals surface area contributed by atoms with Crippen LogP contribution in [0.25, 0.3) is 11.0 Å². The molecule has 0 radical (unpaired) electrons. The number of nitrogens with one attached hydrogen (secondary N) is 4. The summed E-state index contributed by atoms with van der Waals surface area (Å²) in [6, 6.07) is 6.71.